The van der Waals surface area contributed by atoms with E-state index in [0.717, 1.165) is 28.1 Å². The third-order valence-corrected chi connectivity index (χ3v) is 5.53. The van der Waals surface area contributed by atoms with E-state index in [2.05, 4.69) is 10.6 Å². The number of benzene rings is 2. The van der Waals surface area contributed by atoms with Gasteiger partial charge in [-0.1, -0.05) is 26.0 Å². The van der Waals surface area contributed by atoms with Crippen LogP contribution in [0, 0.1) is 0 Å². The van der Waals surface area contributed by atoms with Gasteiger partial charge in [0.15, 0.2) is 0 Å². The Bertz CT molecular complexity index is 1010. The lowest BCUT2D eigenvalue weighted by Crippen LogP contribution is -2.15. The molecule has 0 saturated carbocycles. The number of amides is 2. The average molecular weight is 408 g/mol. The first kappa shape index (κ1) is 20.6. The molecule has 0 aliphatic heterocycles. The van der Waals surface area contributed by atoms with Crippen LogP contribution in [0.2, 0.25) is 0 Å². The van der Waals surface area contributed by atoms with Crippen molar-refractivity contribution in [3.8, 4) is 10.4 Å². The summed E-state index contributed by atoms with van der Waals surface area (Å²) in [7, 11) is 0. The maximum atomic E-state index is 12.8. The zero-order valence-electron chi connectivity index (χ0n) is 16.6. The van der Waals surface area contributed by atoms with E-state index in [1.54, 1.807) is 29.5 Å². The zero-order valence-corrected chi connectivity index (χ0v) is 17.4. The monoisotopic (exact) mass is 407 g/mol. The molecule has 0 fully saturated rings. The summed E-state index contributed by atoms with van der Waals surface area (Å²) in [4.78, 5) is 25.8. The number of carbonyl (C=O) groups excluding carboxylic acids is 2. The molecular weight excluding hydrogens is 382 g/mol. The minimum absolute atomic E-state index is 0.0161. The molecule has 1 aromatic heterocycles. The summed E-state index contributed by atoms with van der Waals surface area (Å²) >= 11 is 1.63. The molecule has 6 heteroatoms. The molecule has 0 aliphatic carbocycles. The van der Waals surface area contributed by atoms with Crippen molar-refractivity contribution >= 4 is 40.2 Å². The van der Waals surface area contributed by atoms with Gasteiger partial charge in [0.2, 0.25) is 5.91 Å². The Morgan fingerprint density at radius 1 is 1.00 bits per heavy atom. The Hall–Kier alpha value is -3.12. The predicted octanol–water partition coefficient (Wildman–Crippen LogP) is 5.55. The largest absolute Gasteiger partial charge is 0.397 e. The lowest BCUT2D eigenvalue weighted by atomic mass is 10.0. The fraction of sp³-hybridized carbons (Fsp3) is 0.217. The average Bonchev–Trinajstić information content (AvgIpc) is 3.25. The number of nitrogens with two attached hydrogens (primary N) is 1. The van der Waals surface area contributed by atoms with E-state index in [1.807, 2.05) is 49.6 Å². The van der Waals surface area contributed by atoms with Gasteiger partial charge in [0.05, 0.1) is 11.4 Å². The topological polar surface area (TPSA) is 84.2 Å². The maximum absolute atomic E-state index is 12.8. The number of carbonyl (C=O) groups is 2. The first-order valence-corrected chi connectivity index (χ1v) is 10.6. The Kier molecular flexibility index (Phi) is 6.67. The molecule has 2 aromatic carbocycles. The van der Waals surface area contributed by atoms with Gasteiger partial charge in [-0.3, -0.25) is 9.59 Å². The SMILES string of the molecule is CCCC(=O)Nc1ccc(C(=O)Nc2cc(-c3cccs3)ccc2N)cc1CC. The van der Waals surface area contributed by atoms with E-state index in [4.69, 9.17) is 5.73 Å². The minimum Gasteiger partial charge on any atom is -0.397 e. The molecule has 0 spiro atoms. The van der Waals surface area contributed by atoms with Crippen molar-refractivity contribution < 1.29 is 9.59 Å². The highest BCUT2D eigenvalue weighted by atomic mass is 32.1. The number of aryl methyl sites for hydroxylation is 1. The molecule has 0 unspecified atom stereocenters. The van der Waals surface area contributed by atoms with Crippen molar-refractivity contribution in [2.24, 2.45) is 0 Å². The summed E-state index contributed by atoms with van der Waals surface area (Å²) in [5.74, 6) is -0.251. The first-order chi connectivity index (χ1) is 14.0. The quantitative estimate of drug-likeness (QED) is 0.449. The summed E-state index contributed by atoms with van der Waals surface area (Å²) < 4.78 is 0. The molecule has 0 saturated heterocycles. The van der Waals surface area contributed by atoms with E-state index in [-0.39, 0.29) is 11.8 Å². The summed E-state index contributed by atoms with van der Waals surface area (Å²) in [5, 5.41) is 7.85. The van der Waals surface area contributed by atoms with Crippen LogP contribution < -0.4 is 16.4 Å². The van der Waals surface area contributed by atoms with Crippen LogP contribution in [0.3, 0.4) is 0 Å². The first-order valence-electron chi connectivity index (χ1n) is 9.69. The van der Waals surface area contributed by atoms with Gasteiger partial charge in [0.1, 0.15) is 0 Å². The number of nitrogen functional groups attached to an aromatic ring is 1. The Labute approximate surface area is 175 Å². The fourth-order valence-corrected chi connectivity index (χ4v) is 3.77. The van der Waals surface area contributed by atoms with Crippen molar-refractivity contribution in [3.63, 3.8) is 0 Å². The second-order valence-corrected chi connectivity index (χ2v) is 7.70. The summed E-state index contributed by atoms with van der Waals surface area (Å²) in [6.07, 6.45) is 1.98. The van der Waals surface area contributed by atoms with Gasteiger partial charge in [0.25, 0.3) is 5.91 Å². The molecule has 4 N–H and O–H groups in total. The summed E-state index contributed by atoms with van der Waals surface area (Å²) in [5.41, 5.74) is 10.4. The maximum Gasteiger partial charge on any atom is 0.255 e. The van der Waals surface area contributed by atoms with Crippen LogP contribution in [0.25, 0.3) is 10.4 Å². The van der Waals surface area contributed by atoms with Gasteiger partial charge in [-0.15, -0.1) is 11.3 Å². The lowest BCUT2D eigenvalue weighted by molar-refractivity contribution is -0.116. The van der Waals surface area contributed by atoms with Gasteiger partial charge in [-0.2, -0.15) is 0 Å². The van der Waals surface area contributed by atoms with E-state index in [9.17, 15) is 9.59 Å². The Morgan fingerprint density at radius 3 is 2.52 bits per heavy atom. The van der Waals surface area contributed by atoms with Crippen LogP contribution in [0.4, 0.5) is 17.1 Å². The van der Waals surface area contributed by atoms with Crippen LogP contribution in [-0.4, -0.2) is 11.8 Å². The van der Waals surface area contributed by atoms with Crippen LogP contribution >= 0.6 is 11.3 Å². The molecule has 5 nitrogen and oxygen atoms in total. The lowest BCUT2D eigenvalue weighted by Gasteiger charge is -2.13. The van der Waals surface area contributed by atoms with Crippen molar-refractivity contribution in [1.82, 2.24) is 0 Å². The standard InChI is InChI=1S/C23H25N3O2S/c1-3-6-22(27)25-19-11-9-17(13-15(19)4-2)23(28)26-20-14-16(8-10-18(20)24)21-7-5-12-29-21/h5,7-14H,3-4,6,24H2,1-2H3,(H,25,27)(H,26,28). The van der Waals surface area contributed by atoms with Crippen molar-refractivity contribution in [2.45, 2.75) is 33.1 Å². The highest BCUT2D eigenvalue weighted by Gasteiger charge is 2.13. The molecule has 2 amide bonds. The van der Waals surface area contributed by atoms with E-state index < -0.39 is 0 Å². The number of thiophene rings is 1. The van der Waals surface area contributed by atoms with Crippen LogP contribution in [-0.2, 0) is 11.2 Å². The van der Waals surface area contributed by atoms with Gasteiger partial charge in [-0.05, 0) is 65.7 Å². The second kappa shape index (κ2) is 9.39. The van der Waals surface area contributed by atoms with E-state index in [0.29, 0.717) is 29.8 Å². The van der Waals surface area contributed by atoms with Crippen molar-refractivity contribution in [1.29, 1.82) is 0 Å². The zero-order chi connectivity index (χ0) is 20.8. The smallest absolute Gasteiger partial charge is 0.255 e. The summed E-state index contributed by atoms with van der Waals surface area (Å²) in [6, 6.07) is 15.0. The number of rotatable bonds is 7. The van der Waals surface area contributed by atoms with Crippen LogP contribution in [0.15, 0.2) is 53.9 Å². The molecule has 0 bridgehead atoms. The number of nitrogens with one attached hydrogen (secondary N) is 2. The summed E-state index contributed by atoms with van der Waals surface area (Å²) in [6.45, 7) is 3.96. The van der Waals surface area contributed by atoms with Crippen LogP contribution in [0.1, 0.15) is 42.6 Å². The van der Waals surface area contributed by atoms with Gasteiger partial charge < -0.3 is 16.4 Å². The molecule has 0 aliphatic rings. The minimum atomic E-state index is -0.235. The normalized spacial score (nSPS) is 10.6. The highest BCUT2D eigenvalue weighted by molar-refractivity contribution is 7.13. The molecule has 150 valence electrons. The van der Waals surface area contributed by atoms with Crippen molar-refractivity contribution in [2.75, 3.05) is 16.4 Å². The Balaban J connectivity index is 1.80. The molecule has 3 rings (SSSR count). The Morgan fingerprint density at radius 2 is 1.83 bits per heavy atom. The molecule has 0 radical (unpaired) electrons. The van der Waals surface area contributed by atoms with Gasteiger partial charge in [0, 0.05) is 22.5 Å². The molecule has 1 heterocycles. The van der Waals surface area contributed by atoms with E-state index >= 15 is 0 Å². The predicted molar refractivity (Wildman–Crippen MR) is 121 cm³/mol. The third kappa shape index (κ3) is 5.03. The number of hydrogen-bond donors (Lipinski definition) is 3. The highest BCUT2D eigenvalue weighted by Crippen LogP contribution is 2.30. The second-order valence-electron chi connectivity index (χ2n) is 6.76. The molecule has 0 atom stereocenters. The third-order valence-electron chi connectivity index (χ3n) is 4.61. The molecular formula is C23H25N3O2S. The van der Waals surface area contributed by atoms with Crippen molar-refractivity contribution in [3.05, 3.63) is 65.0 Å². The number of anilines is 3. The van der Waals surface area contributed by atoms with E-state index in [1.165, 1.54) is 0 Å². The number of hydrogen-bond acceptors (Lipinski definition) is 4. The fourth-order valence-electron chi connectivity index (χ4n) is 3.04. The van der Waals surface area contributed by atoms with Gasteiger partial charge >= 0.3 is 0 Å². The molecule has 3 aromatic rings. The van der Waals surface area contributed by atoms with Gasteiger partial charge in [-0.25, -0.2) is 0 Å². The molecule has 29 heavy (non-hydrogen) atoms. The van der Waals surface area contributed by atoms with Crippen LogP contribution in [0.5, 0.6) is 0 Å².